The number of hydrogen-bond donors (Lipinski definition) is 0. The van der Waals surface area contributed by atoms with Gasteiger partial charge in [0.25, 0.3) is 0 Å². The van der Waals surface area contributed by atoms with Gasteiger partial charge in [-0.2, -0.15) is 0 Å². The Morgan fingerprint density at radius 1 is 1.56 bits per heavy atom. The van der Waals surface area contributed by atoms with Gasteiger partial charge in [-0.15, -0.1) is 0 Å². The average Bonchev–Trinajstić information content (AvgIpc) is 1.89. The first-order valence-electron chi connectivity index (χ1n) is 3.70. The first-order valence-corrected chi connectivity index (χ1v) is 3.70. The molecule has 1 saturated carbocycles. The summed E-state index contributed by atoms with van der Waals surface area (Å²) in [4.78, 5) is 0. The van der Waals surface area contributed by atoms with Crippen molar-refractivity contribution in [2.75, 3.05) is 7.11 Å². The van der Waals surface area contributed by atoms with Crippen molar-refractivity contribution in [2.24, 2.45) is 5.92 Å². The van der Waals surface area contributed by atoms with E-state index >= 15 is 0 Å². The lowest BCUT2D eigenvalue weighted by atomic mass is 9.88. The molecule has 1 aliphatic carbocycles. The Morgan fingerprint density at radius 3 is 2.78 bits per heavy atom. The molecule has 0 saturated heterocycles. The van der Waals surface area contributed by atoms with Gasteiger partial charge in [-0.25, -0.2) is 0 Å². The van der Waals surface area contributed by atoms with Gasteiger partial charge in [0.05, 0.1) is 6.10 Å². The highest BCUT2D eigenvalue weighted by molar-refractivity contribution is 4.85. The van der Waals surface area contributed by atoms with E-state index in [0.29, 0.717) is 6.10 Å². The summed E-state index contributed by atoms with van der Waals surface area (Å²) in [7, 11) is 1.79. The molecule has 2 atom stereocenters. The van der Waals surface area contributed by atoms with Crippen molar-refractivity contribution in [2.45, 2.75) is 32.3 Å². The minimum atomic E-state index is 0.429. The maximum Gasteiger partial charge on any atom is 0.0628 e. The summed E-state index contributed by atoms with van der Waals surface area (Å²) < 4.78 is 5.25. The molecule has 2 unspecified atom stereocenters. The molecule has 1 aliphatic rings. The van der Waals surface area contributed by atoms with Crippen LogP contribution < -0.4 is 0 Å². The molecule has 0 bridgehead atoms. The summed E-state index contributed by atoms with van der Waals surface area (Å²) in [5, 5.41) is 0. The van der Waals surface area contributed by atoms with E-state index in [0.717, 1.165) is 5.92 Å². The topological polar surface area (TPSA) is 9.23 Å². The second-order valence-corrected chi connectivity index (χ2v) is 2.84. The molecule has 0 aromatic rings. The second kappa shape index (κ2) is 3.21. The van der Waals surface area contributed by atoms with Gasteiger partial charge in [-0.3, -0.25) is 0 Å². The van der Waals surface area contributed by atoms with Crippen LogP contribution in [0.25, 0.3) is 0 Å². The zero-order valence-corrected chi connectivity index (χ0v) is 6.26. The van der Waals surface area contributed by atoms with Crippen LogP contribution in [0.4, 0.5) is 0 Å². The summed E-state index contributed by atoms with van der Waals surface area (Å²) in [5.74, 6) is 0.740. The number of ether oxygens (including phenoxy) is 1. The molecule has 1 rings (SSSR count). The molecule has 0 heterocycles. The predicted molar refractivity (Wildman–Crippen MR) is 38.1 cm³/mol. The smallest absolute Gasteiger partial charge is 0.0628 e. The monoisotopic (exact) mass is 127 g/mol. The molecule has 1 nitrogen and oxygen atoms in total. The number of methoxy groups -OCH3 is 1. The van der Waals surface area contributed by atoms with Crippen LogP contribution in [0.5, 0.6) is 0 Å². The van der Waals surface area contributed by atoms with Crippen molar-refractivity contribution in [3.05, 3.63) is 6.42 Å². The van der Waals surface area contributed by atoms with Gasteiger partial charge in [0.1, 0.15) is 0 Å². The summed E-state index contributed by atoms with van der Waals surface area (Å²) in [6, 6.07) is 0. The van der Waals surface area contributed by atoms with Gasteiger partial charge < -0.3 is 4.74 Å². The highest BCUT2D eigenvalue weighted by Crippen LogP contribution is 2.24. The molecule has 1 fully saturated rings. The van der Waals surface area contributed by atoms with Crippen LogP contribution in [0.1, 0.15) is 26.2 Å². The van der Waals surface area contributed by atoms with E-state index in [1.807, 2.05) is 0 Å². The zero-order valence-electron chi connectivity index (χ0n) is 6.26. The van der Waals surface area contributed by atoms with E-state index < -0.39 is 0 Å². The molecule has 0 aromatic carbocycles. The van der Waals surface area contributed by atoms with Crippen molar-refractivity contribution in [3.8, 4) is 0 Å². The maximum absolute atomic E-state index is 5.25. The predicted octanol–water partition coefficient (Wildman–Crippen LogP) is 2.03. The van der Waals surface area contributed by atoms with Crippen LogP contribution in [0, 0.1) is 12.3 Å². The summed E-state index contributed by atoms with van der Waals surface area (Å²) in [6.07, 6.45) is 6.63. The largest absolute Gasteiger partial charge is 0.381 e. The Labute approximate surface area is 57.4 Å². The Balaban J connectivity index is 2.30. The standard InChI is InChI=1S/C8H15O/c1-7-5-3-4-6-8(7)9-2/h6-8H,3-5H2,1-2H3. The number of hydrogen-bond acceptors (Lipinski definition) is 1. The van der Waals surface area contributed by atoms with E-state index in [2.05, 4.69) is 13.3 Å². The van der Waals surface area contributed by atoms with E-state index in [1.165, 1.54) is 19.3 Å². The van der Waals surface area contributed by atoms with E-state index in [1.54, 1.807) is 7.11 Å². The van der Waals surface area contributed by atoms with Crippen molar-refractivity contribution in [3.63, 3.8) is 0 Å². The maximum atomic E-state index is 5.25. The minimum absolute atomic E-state index is 0.429. The Kier molecular flexibility index (Phi) is 2.52. The third-order valence-corrected chi connectivity index (χ3v) is 2.10. The second-order valence-electron chi connectivity index (χ2n) is 2.84. The van der Waals surface area contributed by atoms with Crippen molar-refractivity contribution < 1.29 is 4.74 Å². The summed E-state index contributed by atoms with van der Waals surface area (Å²) in [6.45, 7) is 2.25. The number of rotatable bonds is 1. The lowest BCUT2D eigenvalue weighted by Gasteiger charge is -2.26. The van der Waals surface area contributed by atoms with Crippen molar-refractivity contribution in [1.29, 1.82) is 0 Å². The van der Waals surface area contributed by atoms with Crippen LogP contribution in [-0.2, 0) is 4.74 Å². The van der Waals surface area contributed by atoms with E-state index in [4.69, 9.17) is 4.74 Å². The molecule has 9 heavy (non-hydrogen) atoms. The fraction of sp³-hybridized carbons (Fsp3) is 0.875. The third kappa shape index (κ3) is 1.68. The fourth-order valence-electron chi connectivity index (χ4n) is 1.45. The lowest BCUT2D eigenvalue weighted by Crippen LogP contribution is -2.24. The molecule has 1 radical (unpaired) electrons. The molecule has 0 aromatic heterocycles. The first kappa shape index (κ1) is 7.07. The fourth-order valence-corrected chi connectivity index (χ4v) is 1.45. The Morgan fingerprint density at radius 2 is 2.33 bits per heavy atom. The van der Waals surface area contributed by atoms with Gasteiger partial charge in [0.2, 0.25) is 0 Å². The summed E-state index contributed by atoms with van der Waals surface area (Å²) in [5.41, 5.74) is 0. The molecular formula is C8H15O. The molecule has 0 N–H and O–H groups in total. The molecule has 0 aliphatic heterocycles. The van der Waals surface area contributed by atoms with Crippen molar-refractivity contribution in [1.82, 2.24) is 0 Å². The van der Waals surface area contributed by atoms with Crippen LogP contribution in [-0.4, -0.2) is 13.2 Å². The molecule has 53 valence electrons. The lowest BCUT2D eigenvalue weighted by molar-refractivity contribution is 0.0653. The van der Waals surface area contributed by atoms with Crippen molar-refractivity contribution >= 4 is 0 Å². The van der Waals surface area contributed by atoms with Crippen LogP contribution in [0.15, 0.2) is 0 Å². The highest BCUT2D eigenvalue weighted by Gasteiger charge is 2.20. The zero-order chi connectivity index (χ0) is 6.69. The molecule has 1 heteroatoms. The highest BCUT2D eigenvalue weighted by atomic mass is 16.5. The minimum Gasteiger partial charge on any atom is -0.381 e. The normalized spacial score (nSPS) is 36.7. The van der Waals surface area contributed by atoms with Crippen LogP contribution in [0.2, 0.25) is 0 Å². The summed E-state index contributed by atoms with van der Waals surface area (Å²) >= 11 is 0. The SMILES string of the molecule is COC1[CH]CCCC1C. The third-order valence-electron chi connectivity index (χ3n) is 2.10. The molecular weight excluding hydrogens is 112 g/mol. The van der Waals surface area contributed by atoms with E-state index in [9.17, 15) is 0 Å². The Hall–Kier alpha value is -0.0400. The first-order chi connectivity index (χ1) is 4.34. The van der Waals surface area contributed by atoms with Crippen LogP contribution >= 0.6 is 0 Å². The van der Waals surface area contributed by atoms with Gasteiger partial charge in [-0.1, -0.05) is 13.3 Å². The molecule has 0 spiro atoms. The van der Waals surface area contributed by atoms with E-state index in [-0.39, 0.29) is 0 Å². The quantitative estimate of drug-likeness (QED) is 0.523. The Bertz CT molecular complexity index is 80.6. The van der Waals surface area contributed by atoms with Crippen LogP contribution in [0.3, 0.4) is 0 Å². The van der Waals surface area contributed by atoms with Gasteiger partial charge in [0.15, 0.2) is 0 Å². The molecule has 0 amide bonds. The average molecular weight is 127 g/mol. The van der Waals surface area contributed by atoms with Gasteiger partial charge >= 0.3 is 0 Å². The van der Waals surface area contributed by atoms with Gasteiger partial charge in [0, 0.05) is 7.11 Å². The van der Waals surface area contributed by atoms with Gasteiger partial charge in [-0.05, 0) is 25.2 Å².